The molecule has 1 unspecified atom stereocenters. The molecule has 0 aromatic heterocycles. The molecule has 1 heterocycles. The summed E-state index contributed by atoms with van der Waals surface area (Å²) in [6.07, 6.45) is 1.14. The van der Waals surface area contributed by atoms with Crippen LogP contribution in [0.1, 0.15) is 0 Å². The first kappa shape index (κ1) is 6.43. The van der Waals surface area contributed by atoms with Gasteiger partial charge in [-0.15, -0.1) is 0 Å². The summed E-state index contributed by atoms with van der Waals surface area (Å²) in [4.78, 5) is 2.28. The van der Waals surface area contributed by atoms with Crippen LogP contribution in [0.15, 0.2) is 5.10 Å². The van der Waals surface area contributed by atoms with Crippen LogP contribution in [0.4, 0.5) is 0 Å². The first-order valence-electron chi connectivity index (χ1n) is 1.92. The molecule has 9 heavy (non-hydrogen) atoms. The Morgan fingerprint density at radius 2 is 2.44 bits per heavy atom. The zero-order chi connectivity index (χ0) is 6.85. The lowest BCUT2D eigenvalue weighted by atomic mass is 10.9. The standard InChI is InChI=1S/C2H3N3O2S2/c3-8-2(9(6)7)1-4-5-8/h1H,(H2,3,5). The second-order valence-electron chi connectivity index (χ2n) is 1.21. The largest absolute Gasteiger partial charge is 0.254 e. The maximum atomic E-state index is 10.1. The molecule has 50 valence electrons. The molecule has 2 N–H and O–H groups in total. The lowest BCUT2D eigenvalue weighted by molar-refractivity contribution is 0.627. The van der Waals surface area contributed by atoms with Crippen LogP contribution in [0.2, 0.25) is 0 Å². The Morgan fingerprint density at radius 1 is 1.78 bits per heavy atom. The fraction of sp³-hybridized carbons (Fsp3) is 0. The molecule has 0 amide bonds. The van der Waals surface area contributed by atoms with Gasteiger partial charge in [-0.25, -0.2) is 4.83 Å². The number of nitrogens with one attached hydrogen (secondary N) is 2. The summed E-state index contributed by atoms with van der Waals surface area (Å²) in [6, 6.07) is 0. The van der Waals surface area contributed by atoms with Crippen molar-refractivity contribution in [3.63, 3.8) is 0 Å². The SMILES string of the molecule is N=S1NN=CC1=S(=O)=O. The molecule has 0 aromatic carbocycles. The van der Waals surface area contributed by atoms with Crippen LogP contribution in [0, 0.1) is 4.78 Å². The maximum Gasteiger partial charge on any atom is 0.232 e. The van der Waals surface area contributed by atoms with Crippen molar-refractivity contribution < 1.29 is 8.42 Å². The van der Waals surface area contributed by atoms with E-state index in [-0.39, 0.29) is 4.20 Å². The van der Waals surface area contributed by atoms with E-state index < -0.39 is 21.2 Å². The Bertz CT molecular complexity index is 292. The van der Waals surface area contributed by atoms with Gasteiger partial charge >= 0.3 is 0 Å². The van der Waals surface area contributed by atoms with Crippen LogP contribution in [0.3, 0.4) is 0 Å². The summed E-state index contributed by atoms with van der Waals surface area (Å²) < 4.78 is 27.3. The third-order valence-corrected chi connectivity index (χ3v) is 2.82. The Morgan fingerprint density at radius 3 is 2.67 bits per heavy atom. The van der Waals surface area contributed by atoms with Crippen LogP contribution in [-0.2, 0) is 21.2 Å². The third kappa shape index (κ3) is 1.16. The van der Waals surface area contributed by atoms with E-state index in [1.54, 1.807) is 0 Å². The molecule has 7 heteroatoms. The minimum absolute atomic E-state index is 0.00926. The van der Waals surface area contributed by atoms with Crippen molar-refractivity contribution >= 4 is 31.6 Å². The van der Waals surface area contributed by atoms with Gasteiger partial charge in [0.05, 0.1) is 17.1 Å². The monoisotopic (exact) mass is 165 g/mol. The zero-order valence-electron chi connectivity index (χ0n) is 4.16. The molecule has 0 fully saturated rings. The molecule has 1 atom stereocenters. The van der Waals surface area contributed by atoms with Crippen molar-refractivity contribution in [3.05, 3.63) is 0 Å². The van der Waals surface area contributed by atoms with E-state index in [0.717, 1.165) is 6.21 Å². The van der Waals surface area contributed by atoms with Gasteiger partial charge in [-0.05, 0) is 0 Å². The summed E-state index contributed by atoms with van der Waals surface area (Å²) in [6.45, 7) is 0. The van der Waals surface area contributed by atoms with E-state index in [9.17, 15) is 8.42 Å². The minimum Gasteiger partial charge on any atom is -0.254 e. The number of hydrazone groups is 1. The van der Waals surface area contributed by atoms with Gasteiger partial charge in [-0.1, -0.05) is 0 Å². The number of rotatable bonds is 0. The van der Waals surface area contributed by atoms with E-state index in [2.05, 4.69) is 9.93 Å². The zero-order valence-corrected chi connectivity index (χ0v) is 5.79. The summed E-state index contributed by atoms with van der Waals surface area (Å²) in [5.41, 5.74) is 0. The molecule has 0 saturated carbocycles. The molecular formula is C2H3N3O2S2. The van der Waals surface area contributed by atoms with E-state index in [0.29, 0.717) is 0 Å². The van der Waals surface area contributed by atoms with Gasteiger partial charge in [0.1, 0.15) is 0 Å². The fourth-order valence-electron chi connectivity index (χ4n) is 0.341. The van der Waals surface area contributed by atoms with Crippen molar-refractivity contribution in [1.29, 1.82) is 4.78 Å². The molecule has 1 aliphatic heterocycles. The van der Waals surface area contributed by atoms with E-state index in [1.165, 1.54) is 0 Å². The van der Waals surface area contributed by atoms with Crippen LogP contribution >= 0.6 is 0 Å². The predicted molar refractivity (Wildman–Crippen MR) is 35.6 cm³/mol. The highest BCUT2D eigenvalue weighted by atomic mass is 32.2. The van der Waals surface area contributed by atoms with Gasteiger partial charge in [0.15, 0.2) is 4.20 Å². The molecule has 0 radical (unpaired) electrons. The molecule has 0 aliphatic carbocycles. The lowest BCUT2D eigenvalue weighted by Gasteiger charge is -1.86. The maximum absolute atomic E-state index is 10.1. The molecular weight excluding hydrogens is 162 g/mol. The Hall–Kier alpha value is -0.690. The van der Waals surface area contributed by atoms with Gasteiger partial charge < -0.3 is 0 Å². The average Bonchev–Trinajstić information content (AvgIpc) is 2.13. The van der Waals surface area contributed by atoms with Crippen LogP contribution in [0.5, 0.6) is 0 Å². The molecule has 5 nitrogen and oxygen atoms in total. The van der Waals surface area contributed by atoms with E-state index in [1.807, 2.05) is 0 Å². The summed E-state index contributed by atoms with van der Waals surface area (Å²) in [5, 5.41) is 3.39. The lowest BCUT2D eigenvalue weighted by Crippen LogP contribution is -2.10. The minimum atomic E-state index is -2.29. The second kappa shape index (κ2) is 2.28. The molecule has 0 aromatic rings. The van der Waals surface area contributed by atoms with Crippen molar-refractivity contribution in [2.24, 2.45) is 5.10 Å². The van der Waals surface area contributed by atoms with Gasteiger partial charge in [0.25, 0.3) is 0 Å². The molecule has 1 rings (SSSR count). The first-order valence-corrected chi connectivity index (χ1v) is 4.22. The van der Waals surface area contributed by atoms with Gasteiger partial charge in [-0.2, -0.15) is 13.5 Å². The number of hydrogen-bond acceptors (Lipinski definition) is 4. The molecule has 0 spiro atoms. The van der Waals surface area contributed by atoms with Crippen molar-refractivity contribution in [2.75, 3.05) is 0 Å². The smallest absolute Gasteiger partial charge is 0.232 e. The molecule has 0 bridgehead atoms. The first-order chi connectivity index (χ1) is 4.22. The normalized spacial score (nSPS) is 24.0. The highest BCUT2D eigenvalue weighted by Crippen LogP contribution is 1.86. The predicted octanol–water partition coefficient (Wildman–Crippen LogP) is -1.12. The van der Waals surface area contributed by atoms with Crippen LogP contribution in [0.25, 0.3) is 0 Å². The summed E-state index contributed by atoms with van der Waals surface area (Å²) >= 11 is 0. The number of nitrogens with zero attached hydrogens (tertiary/aromatic N) is 1. The summed E-state index contributed by atoms with van der Waals surface area (Å²) in [7, 11) is -3.45. The van der Waals surface area contributed by atoms with Crippen LogP contribution in [-0.4, -0.2) is 18.8 Å². The topological polar surface area (TPSA) is 82.4 Å². The second-order valence-corrected chi connectivity index (χ2v) is 3.61. The van der Waals surface area contributed by atoms with E-state index >= 15 is 0 Å². The van der Waals surface area contributed by atoms with Crippen LogP contribution < -0.4 is 4.83 Å². The fourth-order valence-corrected chi connectivity index (χ4v) is 1.54. The van der Waals surface area contributed by atoms with Gasteiger partial charge in [-0.3, -0.25) is 4.78 Å². The number of hydrogen-bond donors (Lipinski definition) is 2. The highest BCUT2D eigenvalue weighted by molar-refractivity contribution is 8.13. The van der Waals surface area contributed by atoms with Crippen molar-refractivity contribution in [2.45, 2.75) is 0 Å². The average molecular weight is 165 g/mol. The summed E-state index contributed by atoms with van der Waals surface area (Å²) in [5.74, 6) is 0. The van der Waals surface area contributed by atoms with Gasteiger partial charge in [0.2, 0.25) is 10.3 Å². The van der Waals surface area contributed by atoms with E-state index in [4.69, 9.17) is 4.78 Å². The third-order valence-electron chi connectivity index (χ3n) is 0.679. The van der Waals surface area contributed by atoms with Crippen molar-refractivity contribution in [1.82, 2.24) is 4.83 Å². The van der Waals surface area contributed by atoms with Crippen molar-refractivity contribution in [3.8, 4) is 0 Å². The molecule has 1 aliphatic rings. The van der Waals surface area contributed by atoms with Gasteiger partial charge in [0, 0.05) is 0 Å². The Balaban J connectivity index is 3.27. The Labute approximate surface area is 55.3 Å². The highest BCUT2D eigenvalue weighted by Gasteiger charge is 2.08. The molecule has 0 saturated heterocycles. The quantitative estimate of drug-likeness (QED) is 0.446. The Kier molecular flexibility index (Phi) is 1.63.